The van der Waals surface area contributed by atoms with Crippen LogP contribution in [0.15, 0.2) is 124 Å². The van der Waals surface area contributed by atoms with E-state index in [1.165, 1.54) is 65.8 Å². The molecule has 0 aliphatic carbocycles. The Morgan fingerprint density at radius 2 is 1.26 bits per heavy atom. The Morgan fingerprint density at radius 3 is 2.16 bits per heavy atom. The molecule has 2 aliphatic heterocycles. The van der Waals surface area contributed by atoms with E-state index in [0.717, 1.165) is 38.6 Å². The Balaban J connectivity index is 1.40. The zero-order valence-electron chi connectivity index (χ0n) is 22.8. The van der Waals surface area contributed by atoms with E-state index < -0.39 is 0 Å². The lowest BCUT2D eigenvalue weighted by Gasteiger charge is -2.34. The molecule has 0 N–H and O–H groups in total. The Morgan fingerprint density at radius 1 is 0.535 bits per heavy atom. The highest BCUT2D eigenvalue weighted by Gasteiger charge is 2.43. The van der Waals surface area contributed by atoms with Gasteiger partial charge in [-0.25, -0.2) is 0 Å². The van der Waals surface area contributed by atoms with Gasteiger partial charge in [-0.1, -0.05) is 84.9 Å². The fourth-order valence-electron chi connectivity index (χ4n) is 8.53. The summed E-state index contributed by atoms with van der Waals surface area (Å²) in [6.45, 7) is -0.0213. The minimum Gasteiger partial charge on any atom is -0.454 e. The van der Waals surface area contributed by atoms with Gasteiger partial charge >= 0.3 is 6.85 Å². The number of nitrogens with zero attached hydrogens (tertiary/aromatic N) is 2. The molecule has 0 radical (unpaired) electrons. The van der Waals surface area contributed by atoms with E-state index in [4.69, 9.17) is 8.83 Å². The molecule has 0 bridgehead atoms. The third-order valence-corrected chi connectivity index (χ3v) is 10.1. The zero-order valence-corrected chi connectivity index (χ0v) is 22.8. The van der Waals surface area contributed by atoms with E-state index in [2.05, 4.69) is 124 Å². The molecule has 0 atom stereocenters. The summed E-state index contributed by atoms with van der Waals surface area (Å²) >= 11 is 0. The average Bonchev–Trinajstić information content (AvgIpc) is 3.79. The van der Waals surface area contributed by atoms with Crippen LogP contribution in [-0.2, 0) is 0 Å². The van der Waals surface area contributed by atoms with Crippen molar-refractivity contribution in [3.63, 3.8) is 0 Å². The second-order valence-corrected chi connectivity index (χ2v) is 12.0. The number of furan rings is 2. The smallest absolute Gasteiger partial charge is 0.333 e. The number of rotatable bonds is 0. The van der Waals surface area contributed by atoms with E-state index in [-0.39, 0.29) is 6.85 Å². The summed E-state index contributed by atoms with van der Waals surface area (Å²) in [7, 11) is 0. The molecule has 10 aromatic rings. The normalized spacial score (nSPS) is 13.5. The van der Waals surface area contributed by atoms with Crippen LogP contribution in [-0.4, -0.2) is 15.9 Å². The Hall–Kier alpha value is -5.68. The van der Waals surface area contributed by atoms with Crippen molar-refractivity contribution < 1.29 is 8.83 Å². The molecule has 4 nitrogen and oxygen atoms in total. The van der Waals surface area contributed by atoms with Crippen LogP contribution in [0.25, 0.3) is 93.5 Å². The molecule has 0 unspecified atom stereocenters. The van der Waals surface area contributed by atoms with Gasteiger partial charge in [0.15, 0.2) is 5.58 Å². The van der Waals surface area contributed by atoms with E-state index in [0.29, 0.717) is 0 Å². The molecule has 0 saturated carbocycles. The molecule has 2 aliphatic rings. The average molecular weight is 546 g/mol. The van der Waals surface area contributed by atoms with Crippen molar-refractivity contribution in [1.82, 2.24) is 9.05 Å². The zero-order chi connectivity index (χ0) is 27.6. The molecule has 0 saturated heterocycles. The summed E-state index contributed by atoms with van der Waals surface area (Å²) in [6, 6.07) is 41.6. The fraction of sp³-hybridized carbons (Fsp3) is 0. The van der Waals surface area contributed by atoms with Crippen LogP contribution in [0, 0.1) is 0 Å². The van der Waals surface area contributed by atoms with Crippen molar-refractivity contribution in [3.8, 4) is 16.8 Å². The largest absolute Gasteiger partial charge is 0.454 e. The van der Waals surface area contributed by atoms with Gasteiger partial charge in [0.05, 0.1) is 22.1 Å². The van der Waals surface area contributed by atoms with Crippen molar-refractivity contribution in [3.05, 3.63) is 115 Å². The van der Waals surface area contributed by atoms with Crippen LogP contribution < -0.4 is 10.9 Å². The fourth-order valence-corrected chi connectivity index (χ4v) is 8.53. The summed E-state index contributed by atoms with van der Waals surface area (Å²) in [5.74, 6) is 0. The summed E-state index contributed by atoms with van der Waals surface area (Å²) in [4.78, 5) is 0. The van der Waals surface area contributed by atoms with E-state index in [1.807, 2.05) is 0 Å². The van der Waals surface area contributed by atoms with Gasteiger partial charge in [-0.2, -0.15) is 0 Å². The first-order chi connectivity index (χ1) is 21.4. The third kappa shape index (κ3) is 2.20. The summed E-state index contributed by atoms with van der Waals surface area (Å²) < 4.78 is 18.4. The number of benzene rings is 6. The Kier molecular flexibility index (Phi) is 3.36. The van der Waals surface area contributed by atoms with Crippen LogP contribution in [0.2, 0.25) is 0 Å². The predicted octanol–water partition coefficient (Wildman–Crippen LogP) is 8.48. The highest BCUT2D eigenvalue weighted by atomic mass is 16.3. The maximum absolute atomic E-state index is 6.75. The molecule has 4 aromatic heterocycles. The van der Waals surface area contributed by atoms with Gasteiger partial charge in [0.2, 0.25) is 5.71 Å². The molecule has 6 heterocycles. The number of fused-ring (bicyclic) bond motifs is 16. The molecular weight excluding hydrogens is 527 g/mol. The number of aromatic nitrogens is 2. The summed E-state index contributed by atoms with van der Waals surface area (Å²) in [6.07, 6.45) is 0. The molecule has 196 valence electrons. The Labute approximate surface area is 244 Å². The summed E-state index contributed by atoms with van der Waals surface area (Å²) in [5.41, 5.74) is 13.7. The molecular formula is C38H19BN2O2. The monoisotopic (exact) mass is 546 g/mol. The first-order valence-electron chi connectivity index (χ1n) is 14.8. The van der Waals surface area contributed by atoms with Crippen LogP contribution >= 0.6 is 0 Å². The lowest BCUT2D eigenvalue weighted by atomic mass is 9.45. The first-order valence-corrected chi connectivity index (χ1v) is 14.8. The van der Waals surface area contributed by atoms with Crippen LogP contribution in [0.4, 0.5) is 0 Å². The van der Waals surface area contributed by atoms with Crippen molar-refractivity contribution >= 4 is 94.5 Å². The van der Waals surface area contributed by atoms with Crippen LogP contribution in [0.5, 0.6) is 0 Å². The quantitative estimate of drug-likeness (QED) is 0.179. The van der Waals surface area contributed by atoms with Gasteiger partial charge < -0.3 is 13.3 Å². The molecule has 6 aromatic carbocycles. The molecule has 0 amide bonds. The van der Waals surface area contributed by atoms with E-state index in [1.54, 1.807) is 0 Å². The number of para-hydroxylation sites is 4. The standard InChI is InChI=1S/C38H19BN2O2/c1-2-10-21-20(9-1)19-27-22-13-7-15-26-33(22)41(36-24-12-4-6-18-30(24)42-37(26)36)39-28-16-8-14-25-31-23-11-3-5-17-29(23)43-38(31)40(34(25)28)35(21)32(27)39/h1-19H. The van der Waals surface area contributed by atoms with Crippen molar-refractivity contribution in [1.29, 1.82) is 0 Å². The molecule has 0 fully saturated rings. The van der Waals surface area contributed by atoms with Crippen molar-refractivity contribution in [2.45, 2.75) is 0 Å². The number of hydrogen-bond acceptors (Lipinski definition) is 2. The maximum Gasteiger partial charge on any atom is 0.333 e. The lowest BCUT2D eigenvalue weighted by molar-refractivity contribution is 0.646. The maximum atomic E-state index is 6.75. The van der Waals surface area contributed by atoms with Gasteiger partial charge in [-0.05, 0) is 52.2 Å². The van der Waals surface area contributed by atoms with Gasteiger partial charge in [0, 0.05) is 38.0 Å². The van der Waals surface area contributed by atoms with E-state index in [9.17, 15) is 0 Å². The summed E-state index contributed by atoms with van der Waals surface area (Å²) in [5, 5.41) is 8.34. The predicted molar refractivity (Wildman–Crippen MR) is 177 cm³/mol. The second-order valence-electron chi connectivity index (χ2n) is 12.0. The highest BCUT2D eigenvalue weighted by molar-refractivity contribution is 6.90. The first kappa shape index (κ1) is 21.1. The molecule has 43 heavy (non-hydrogen) atoms. The van der Waals surface area contributed by atoms with Crippen molar-refractivity contribution in [2.24, 2.45) is 0 Å². The topological polar surface area (TPSA) is 36.1 Å². The van der Waals surface area contributed by atoms with Gasteiger partial charge in [0.25, 0.3) is 0 Å². The SMILES string of the molecule is c1ccc2c3c4c(cc2c1)-c1cccc2c5oc6ccccc6c5n(c12)B4c1cccc2c4c5ccccc5oc4n-3c12. The van der Waals surface area contributed by atoms with Gasteiger partial charge in [0.1, 0.15) is 11.2 Å². The molecule has 12 rings (SSSR count). The van der Waals surface area contributed by atoms with Crippen molar-refractivity contribution in [2.75, 3.05) is 0 Å². The second kappa shape index (κ2) is 6.85. The van der Waals surface area contributed by atoms with Gasteiger partial charge in [-0.15, -0.1) is 0 Å². The lowest BCUT2D eigenvalue weighted by Crippen LogP contribution is -2.55. The number of hydrogen-bond donors (Lipinski definition) is 0. The molecule has 5 heteroatoms. The Bertz CT molecular complexity index is 2910. The van der Waals surface area contributed by atoms with Crippen LogP contribution in [0.1, 0.15) is 0 Å². The molecule has 0 spiro atoms. The third-order valence-electron chi connectivity index (χ3n) is 10.1. The van der Waals surface area contributed by atoms with Crippen LogP contribution in [0.3, 0.4) is 0 Å². The minimum absolute atomic E-state index is 0.0213. The minimum atomic E-state index is -0.0213. The highest BCUT2D eigenvalue weighted by Crippen LogP contribution is 2.47. The van der Waals surface area contributed by atoms with Gasteiger partial charge in [-0.3, -0.25) is 4.57 Å². The van der Waals surface area contributed by atoms with E-state index >= 15 is 0 Å².